The number of aromatic nitrogens is 1. The van der Waals surface area contributed by atoms with Crippen LogP contribution in [-0.2, 0) is 4.79 Å². The van der Waals surface area contributed by atoms with E-state index in [1.54, 1.807) is 0 Å². The Balaban J connectivity index is 1.93. The third-order valence-electron chi connectivity index (χ3n) is 3.50. The van der Waals surface area contributed by atoms with Crippen LogP contribution >= 0.6 is 0 Å². The molecule has 24 heavy (non-hydrogen) atoms. The zero-order chi connectivity index (χ0) is 17.9. The molecular weight excluding hydrogens is 331 g/mol. The molecule has 0 atom stereocenters. The number of rotatable bonds is 3. The zero-order valence-electron chi connectivity index (χ0n) is 12.4. The first-order valence-corrected chi connectivity index (χ1v) is 7.00. The third kappa shape index (κ3) is 4.43. The summed E-state index contributed by atoms with van der Waals surface area (Å²) in [5.74, 6) is -2.64. The average molecular weight is 345 g/mol. The highest BCUT2D eigenvalue weighted by Gasteiger charge is 2.35. The summed E-state index contributed by atoms with van der Waals surface area (Å²) in [5, 5.41) is 8.75. The summed E-state index contributed by atoms with van der Waals surface area (Å²) in [6.45, 7) is 0.231. The molecule has 0 unspecified atom stereocenters. The van der Waals surface area contributed by atoms with Crippen molar-refractivity contribution in [2.45, 2.75) is 12.6 Å². The number of hydrogen-bond acceptors (Lipinski definition) is 4. The summed E-state index contributed by atoms with van der Waals surface area (Å²) in [4.78, 5) is 40.5. The molecule has 0 aromatic carbocycles. The van der Waals surface area contributed by atoms with Crippen molar-refractivity contribution in [1.82, 2.24) is 14.8 Å². The number of carbonyl (C=O) groups excluding carboxylic acids is 2. The average Bonchev–Trinajstić information content (AvgIpc) is 2.53. The van der Waals surface area contributed by atoms with Gasteiger partial charge in [-0.1, -0.05) is 0 Å². The summed E-state index contributed by atoms with van der Waals surface area (Å²) in [6, 6.07) is 2.51. The number of alkyl halides is 3. The number of piperazine rings is 1. The van der Waals surface area contributed by atoms with Gasteiger partial charge >= 0.3 is 12.1 Å². The van der Waals surface area contributed by atoms with E-state index < -0.39 is 30.4 Å². The first-order chi connectivity index (χ1) is 11.2. The Labute approximate surface area is 134 Å². The smallest absolute Gasteiger partial charge is 0.397 e. The second-order valence-electron chi connectivity index (χ2n) is 5.20. The quantitative estimate of drug-likeness (QED) is 0.883. The molecule has 7 nitrogen and oxygen atoms in total. The molecule has 130 valence electrons. The highest BCUT2D eigenvalue weighted by atomic mass is 19.4. The van der Waals surface area contributed by atoms with Gasteiger partial charge in [0, 0.05) is 32.4 Å². The molecule has 1 aliphatic rings. The standard InChI is InChI=1S/C14H14F3N3O4/c15-14(16,17)7-11(21)19-3-5-20(6-4-19)12(22)9-1-2-10(13(23)24)18-8-9/h1-2,8H,3-7H2,(H,23,24). The fourth-order valence-corrected chi connectivity index (χ4v) is 2.27. The zero-order valence-corrected chi connectivity index (χ0v) is 12.4. The van der Waals surface area contributed by atoms with Crippen molar-refractivity contribution in [3.63, 3.8) is 0 Å². The topological polar surface area (TPSA) is 90.8 Å². The van der Waals surface area contributed by atoms with Crippen LogP contribution in [0.1, 0.15) is 27.3 Å². The van der Waals surface area contributed by atoms with Crippen molar-refractivity contribution >= 4 is 17.8 Å². The molecule has 2 rings (SSSR count). The van der Waals surface area contributed by atoms with E-state index in [4.69, 9.17) is 5.11 Å². The van der Waals surface area contributed by atoms with Gasteiger partial charge in [-0.15, -0.1) is 0 Å². The first-order valence-electron chi connectivity index (χ1n) is 7.00. The summed E-state index contributed by atoms with van der Waals surface area (Å²) in [7, 11) is 0. The minimum atomic E-state index is -4.55. The van der Waals surface area contributed by atoms with Crippen LogP contribution in [0.25, 0.3) is 0 Å². The Morgan fingerprint density at radius 1 is 1.08 bits per heavy atom. The van der Waals surface area contributed by atoms with E-state index in [-0.39, 0.29) is 37.4 Å². The lowest BCUT2D eigenvalue weighted by Crippen LogP contribution is -2.51. The van der Waals surface area contributed by atoms with Gasteiger partial charge in [-0.05, 0) is 12.1 Å². The Bertz CT molecular complexity index is 638. The van der Waals surface area contributed by atoms with E-state index in [1.165, 1.54) is 17.0 Å². The molecule has 0 radical (unpaired) electrons. The minimum Gasteiger partial charge on any atom is -0.477 e. The van der Waals surface area contributed by atoms with Gasteiger partial charge in [0.25, 0.3) is 5.91 Å². The second kappa shape index (κ2) is 6.85. The molecule has 2 heterocycles. The fraction of sp³-hybridized carbons (Fsp3) is 0.429. The van der Waals surface area contributed by atoms with Crippen LogP contribution in [0.3, 0.4) is 0 Å². The predicted molar refractivity (Wildman–Crippen MR) is 74.4 cm³/mol. The van der Waals surface area contributed by atoms with Gasteiger partial charge in [0.15, 0.2) is 0 Å². The number of carboxylic acid groups (broad SMARTS) is 1. The maximum absolute atomic E-state index is 12.2. The maximum atomic E-state index is 12.2. The Kier molecular flexibility index (Phi) is 5.05. The van der Waals surface area contributed by atoms with Crippen LogP contribution in [0.15, 0.2) is 18.3 Å². The van der Waals surface area contributed by atoms with Gasteiger partial charge in [-0.25, -0.2) is 9.78 Å². The molecule has 1 saturated heterocycles. The number of nitrogens with zero attached hydrogens (tertiary/aromatic N) is 3. The molecule has 0 spiro atoms. The number of pyridine rings is 1. The monoisotopic (exact) mass is 345 g/mol. The molecule has 1 fully saturated rings. The number of hydrogen-bond donors (Lipinski definition) is 1. The Hall–Kier alpha value is -2.65. The Morgan fingerprint density at radius 2 is 1.67 bits per heavy atom. The molecule has 0 aliphatic carbocycles. The summed E-state index contributed by atoms with van der Waals surface area (Å²) in [5.41, 5.74) is -0.0239. The van der Waals surface area contributed by atoms with E-state index in [2.05, 4.69) is 4.98 Å². The number of aromatic carboxylic acids is 1. The van der Waals surface area contributed by atoms with Gasteiger partial charge < -0.3 is 14.9 Å². The summed E-state index contributed by atoms with van der Waals surface area (Å²) in [6.07, 6.45) is -4.93. The molecule has 0 bridgehead atoms. The molecule has 1 aromatic rings. The van der Waals surface area contributed by atoms with Gasteiger partial charge in [-0.2, -0.15) is 13.2 Å². The largest absolute Gasteiger partial charge is 0.477 e. The van der Waals surface area contributed by atoms with Crippen molar-refractivity contribution < 1.29 is 32.7 Å². The molecule has 1 aliphatic heterocycles. The molecule has 0 saturated carbocycles. The van der Waals surface area contributed by atoms with E-state index in [0.717, 1.165) is 11.1 Å². The first kappa shape index (κ1) is 17.7. The van der Waals surface area contributed by atoms with Crippen LogP contribution in [0.5, 0.6) is 0 Å². The van der Waals surface area contributed by atoms with Crippen LogP contribution in [-0.4, -0.2) is 70.0 Å². The molecule has 1 N–H and O–H groups in total. The van der Waals surface area contributed by atoms with Gasteiger partial charge in [0.1, 0.15) is 12.1 Å². The van der Waals surface area contributed by atoms with E-state index in [1.807, 2.05) is 0 Å². The highest BCUT2D eigenvalue weighted by molar-refractivity contribution is 5.95. The number of carboxylic acids is 1. The fourth-order valence-electron chi connectivity index (χ4n) is 2.27. The second-order valence-corrected chi connectivity index (χ2v) is 5.20. The van der Waals surface area contributed by atoms with Crippen LogP contribution < -0.4 is 0 Å². The lowest BCUT2D eigenvalue weighted by Gasteiger charge is -2.35. The van der Waals surface area contributed by atoms with Crippen molar-refractivity contribution in [3.8, 4) is 0 Å². The van der Waals surface area contributed by atoms with Gasteiger partial charge in [0.05, 0.1) is 5.56 Å². The number of amides is 2. The van der Waals surface area contributed by atoms with Gasteiger partial charge in [0.2, 0.25) is 5.91 Å². The Morgan fingerprint density at radius 3 is 2.12 bits per heavy atom. The number of halogens is 3. The van der Waals surface area contributed by atoms with E-state index in [0.29, 0.717) is 0 Å². The maximum Gasteiger partial charge on any atom is 0.397 e. The lowest BCUT2D eigenvalue weighted by molar-refractivity contribution is -0.162. The van der Waals surface area contributed by atoms with Crippen LogP contribution in [0.2, 0.25) is 0 Å². The van der Waals surface area contributed by atoms with E-state index >= 15 is 0 Å². The van der Waals surface area contributed by atoms with Crippen LogP contribution in [0, 0.1) is 0 Å². The SMILES string of the molecule is O=C(O)c1ccc(C(=O)N2CCN(C(=O)CC(F)(F)F)CC2)cn1. The highest BCUT2D eigenvalue weighted by Crippen LogP contribution is 2.21. The summed E-state index contributed by atoms with van der Waals surface area (Å²) >= 11 is 0. The molecule has 1 aromatic heterocycles. The lowest BCUT2D eigenvalue weighted by atomic mass is 10.2. The van der Waals surface area contributed by atoms with E-state index in [9.17, 15) is 27.6 Å². The third-order valence-corrected chi connectivity index (χ3v) is 3.50. The van der Waals surface area contributed by atoms with Crippen molar-refractivity contribution in [2.24, 2.45) is 0 Å². The molecule has 2 amide bonds. The molecular formula is C14H14F3N3O4. The van der Waals surface area contributed by atoms with Crippen molar-refractivity contribution in [1.29, 1.82) is 0 Å². The normalized spacial score (nSPS) is 15.3. The van der Waals surface area contributed by atoms with Crippen LogP contribution in [0.4, 0.5) is 13.2 Å². The molecule has 10 heteroatoms. The minimum absolute atomic E-state index is 0.0152. The number of carbonyl (C=O) groups is 3. The summed E-state index contributed by atoms with van der Waals surface area (Å²) < 4.78 is 36.6. The van der Waals surface area contributed by atoms with Gasteiger partial charge in [-0.3, -0.25) is 9.59 Å². The van der Waals surface area contributed by atoms with Crippen molar-refractivity contribution in [3.05, 3.63) is 29.6 Å². The van der Waals surface area contributed by atoms with Crippen molar-refractivity contribution in [2.75, 3.05) is 26.2 Å². The predicted octanol–water partition coefficient (Wildman–Crippen LogP) is 1.02.